The van der Waals surface area contributed by atoms with Crippen LogP contribution in [-0.2, 0) is 42.7 Å². The Kier molecular flexibility index (Phi) is 13.1. The number of nitrogens with zero attached hydrogens (tertiary/aromatic N) is 4. The maximum atomic E-state index is 6.72. The van der Waals surface area contributed by atoms with Gasteiger partial charge in [-0.2, -0.15) is 12.1 Å². The molecule has 0 bridgehead atoms. The van der Waals surface area contributed by atoms with Gasteiger partial charge in [-0.25, -0.2) is 4.98 Å². The van der Waals surface area contributed by atoms with Crippen LogP contribution in [0.1, 0.15) is 103 Å². The number of rotatable bonds is 10. The Morgan fingerprint density at radius 2 is 1.03 bits per heavy atom. The van der Waals surface area contributed by atoms with E-state index in [9.17, 15) is 0 Å². The molecule has 0 amide bonds. The number of benzene rings is 8. The first-order chi connectivity index (χ1) is 34.9. The predicted molar refractivity (Wildman–Crippen MR) is 304 cm³/mol. The fraction of sp³-hybridized carbons (Fsp3) is 0.206. The third kappa shape index (κ3) is 9.26. The van der Waals surface area contributed by atoms with Gasteiger partial charge in [0, 0.05) is 77.7 Å². The second-order valence-corrected chi connectivity index (χ2v) is 22.7. The first-order valence-electron chi connectivity index (χ1n) is 25.5. The van der Waals surface area contributed by atoms with Gasteiger partial charge in [-0.1, -0.05) is 196 Å². The molecule has 0 unspecified atom stereocenters. The SMILES string of the molecule is CC(C)(C)c1ccnc(-n2c3[c-]c(Oc4[c-]c(N5[CH-]N(c6cc(C(C)(C)C)ccc6-c6cc(C(C)(C)c7ccccc7)cc(C(C)(C)c7ccccc7)c6)c6ccccc65)ccc4)ccc3c3ccccc32)c1.[Pt]. The second kappa shape index (κ2) is 19.3. The largest absolute Gasteiger partial charge is 0.509 e. The summed E-state index contributed by atoms with van der Waals surface area (Å²) in [6.07, 6.45) is 1.91. The zero-order chi connectivity index (χ0) is 50.9. The van der Waals surface area contributed by atoms with E-state index < -0.39 is 0 Å². The van der Waals surface area contributed by atoms with Crippen LogP contribution < -0.4 is 14.5 Å². The van der Waals surface area contributed by atoms with Gasteiger partial charge in [0.1, 0.15) is 5.82 Å². The van der Waals surface area contributed by atoms with Crippen molar-refractivity contribution < 1.29 is 25.8 Å². The number of anilines is 4. The number of aromatic nitrogens is 2. The fourth-order valence-corrected chi connectivity index (χ4v) is 10.4. The van der Waals surface area contributed by atoms with Crippen molar-refractivity contribution in [3.05, 3.63) is 246 Å². The third-order valence-corrected chi connectivity index (χ3v) is 15.1. The molecule has 0 aliphatic carbocycles. The molecular formula is C68H63N4OPt-3. The first-order valence-corrected chi connectivity index (χ1v) is 25.5. The Bertz CT molecular complexity index is 3600. The normalized spacial score (nSPS) is 13.1. The average molecular weight is 1150 g/mol. The minimum Gasteiger partial charge on any atom is -0.509 e. The average Bonchev–Trinajstić information content (AvgIpc) is 3.95. The number of para-hydroxylation sites is 3. The van der Waals surface area contributed by atoms with Gasteiger partial charge in [-0.3, -0.25) is 0 Å². The van der Waals surface area contributed by atoms with Gasteiger partial charge in [0.25, 0.3) is 0 Å². The van der Waals surface area contributed by atoms with Crippen LogP contribution in [0.5, 0.6) is 11.5 Å². The van der Waals surface area contributed by atoms with E-state index >= 15 is 0 Å². The molecule has 2 aromatic heterocycles. The molecule has 0 fully saturated rings. The van der Waals surface area contributed by atoms with E-state index in [1.165, 1.54) is 38.9 Å². The van der Waals surface area contributed by atoms with Crippen LogP contribution in [0.4, 0.5) is 22.7 Å². The molecule has 5 nitrogen and oxygen atoms in total. The predicted octanol–water partition coefficient (Wildman–Crippen LogP) is 17.9. The molecule has 3 heterocycles. The summed E-state index contributed by atoms with van der Waals surface area (Å²) >= 11 is 0. The summed E-state index contributed by atoms with van der Waals surface area (Å²) in [6, 6.07) is 75.1. The van der Waals surface area contributed by atoms with Crippen molar-refractivity contribution in [1.82, 2.24) is 9.55 Å². The first kappa shape index (κ1) is 50.3. The van der Waals surface area contributed by atoms with Gasteiger partial charge < -0.3 is 19.1 Å². The summed E-state index contributed by atoms with van der Waals surface area (Å²) in [4.78, 5) is 9.48. The van der Waals surface area contributed by atoms with E-state index in [0.29, 0.717) is 11.5 Å². The number of ether oxygens (including phenoxy) is 1. The molecule has 74 heavy (non-hydrogen) atoms. The molecule has 0 spiro atoms. The van der Waals surface area contributed by atoms with E-state index in [-0.39, 0.29) is 42.7 Å². The Morgan fingerprint density at radius 3 is 1.68 bits per heavy atom. The summed E-state index contributed by atoms with van der Waals surface area (Å²) in [7, 11) is 0. The van der Waals surface area contributed by atoms with Gasteiger partial charge >= 0.3 is 0 Å². The Balaban J connectivity index is 0.00000626. The zero-order valence-corrected chi connectivity index (χ0v) is 46.3. The molecule has 8 aromatic carbocycles. The number of hydrogen-bond acceptors (Lipinski definition) is 4. The van der Waals surface area contributed by atoms with Crippen LogP contribution >= 0.6 is 0 Å². The molecule has 10 aromatic rings. The van der Waals surface area contributed by atoms with Crippen molar-refractivity contribution in [3.8, 4) is 28.4 Å². The maximum Gasteiger partial charge on any atom is 0.135 e. The van der Waals surface area contributed by atoms with Crippen molar-refractivity contribution >= 4 is 44.6 Å². The second-order valence-electron chi connectivity index (χ2n) is 22.7. The van der Waals surface area contributed by atoms with Crippen molar-refractivity contribution in [2.45, 2.75) is 90.9 Å². The molecular weight excluding hydrogens is 1080 g/mol. The van der Waals surface area contributed by atoms with E-state index in [4.69, 9.17) is 9.72 Å². The number of pyridine rings is 1. The molecule has 0 saturated heterocycles. The minimum atomic E-state index is -0.270. The summed E-state index contributed by atoms with van der Waals surface area (Å²) < 4.78 is 8.92. The summed E-state index contributed by atoms with van der Waals surface area (Å²) in [6.45, 7) is 25.2. The number of fused-ring (bicyclic) bond motifs is 4. The van der Waals surface area contributed by atoms with Gasteiger partial charge in [-0.15, -0.1) is 48.1 Å². The van der Waals surface area contributed by atoms with E-state index in [1.54, 1.807) is 0 Å². The molecule has 1 aliphatic rings. The monoisotopic (exact) mass is 1150 g/mol. The van der Waals surface area contributed by atoms with Crippen molar-refractivity contribution in [1.29, 1.82) is 0 Å². The van der Waals surface area contributed by atoms with Gasteiger partial charge in [0.15, 0.2) is 0 Å². The fourth-order valence-electron chi connectivity index (χ4n) is 10.4. The summed E-state index contributed by atoms with van der Waals surface area (Å²) in [5, 5.41) is 2.23. The summed E-state index contributed by atoms with van der Waals surface area (Å²) in [5.74, 6) is 2.04. The van der Waals surface area contributed by atoms with E-state index in [1.807, 2.05) is 24.4 Å². The smallest absolute Gasteiger partial charge is 0.135 e. The van der Waals surface area contributed by atoms with Crippen LogP contribution in [0.3, 0.4) is 0 Å². The standard InChI is InChI=1S/C68H63N4O.Pt/c1-65(2,3)49-32-34-56(46-38-51(67(7,8)47-22-13-11-14-23-47)40-52(39-46)68(9,10)48-24-15-12-16-25-48)62(41-49)71-45-70(60-30-19-20-31-61(60)71)53-26-21-27-54(43-53)73-55-33-35-58-57-28-17-18-29-59(57)72(63(58)44-55)64-42-50(36-37-69-64)66(4,5)6;/h11-42,45H,1-10H3;/q-3;. The van der Waals surface area contributed by atoms with Crippen LogP contribution in [0.25, 0.3) is 38.8 Å². The van der Waals surface area contributed by atoms with Gasteiger partial charge in [0.2, 0.25) is 0 Å². The van der Waals surface area contributed by atoms with Crippen molar-refractivity contribution in [2.24, 2.45) is 0 Å². The third-order valence-electron chi connectivity index (χ3n) is 15.1. The van der Waals surface area contributed by atoms with E-state index in [2.05, 4.69) is 272 Å². The molecule has 11 rings (SSSR count). The Hall–Kier alpha value is -7.20. The minimum absolute atomic E-state index is 0. The molecule has 6 heteroatoms. The topological polar surface area (TPSA) is 33.5 Å². The summed E-state index contributed by atoms with van der Waals surface area (Å²) in [5.41, 5.74) is 15.3. The van der Waals surface area contributed by atoms with Crippen LogP contribution in [-0.4, -0.2) is 9.55 Å². The molecule has 0 N–H and O–H groups in total. The number of hydrogen-bond donors (Lipinski definition) is 0. The van der Waals surface area contributed by atoms with Crippen LogP contribution in [0.15, 0.2) is 194 Å². The molecule has 374 valence electrons. The molecule has 0 atom stereocenters. The quantitative estimate of drug-likeness (QED) is 0.128. The maximum absolute atomic E-state index is 6.72. The Morgan fingerprint density at radius 1 is 0.446 bits per heavy atom. The van der Waals surface area contributed by atoms with Crippen molar-refractivity contribution in [2.75, 3.05) is 9.80 Å². The zero-order valence-electron chi connectivity index (χ0n) is 44.1. The molecule has 1 aliphatic heterocycles. The van der Waals surface area contributed by atoms with Gasteiger partial charge in [0.05, 0.1) is 0 Å². The van der Waals surface area contributed by atoms with E-state index in [0.717, 1.165) is 55.9 Å². The van der Waals surface area contributed by atoms with Crippen LogP contribution in [0, 0.1) is 18.8 Å². The molecule has 0 saturated carbocycles. The molecule has 0 radical (unpaired) electrons. The Labute approximate surface area is 452 Å². The van der Waals surface area contributed by atoms with Gasteiger partial charge in [-0.05, 0) is 91.6 Å². The van der Waals surface area contributed by atoms with Crippen molar-refractivity contribution in [3.63, 3.8) is 0 Å². The van der Waals surface area contributed by atoms with Crippen LogP contribution in [0.2, 0.25) is 0 Å².